The largest absolute Gasteiger partial charge is 0.349 e. The Balaban J connectivity index is 1.97. The van der Waals surface area contributed by atoms with E-state index in [4.69, 9.17) is 0 Å². The van der Waals surface area contributed by atoms with Crippen LogP contribution in [0.1, 0.15) is 36.5 Å². The van der Waals surface area contributed by atoms with Crippen molar-refractivity contribution in [1.82, 2.24) is 15.2 Å². The molecule has 2 rings (SSSR count). The minimum atomic E-state index is 0.0162. The number of hydrogen-bond acceptors (Lipinski definition) is 3. The fraction of sp³-hybridized carbons (Fsp3) is 0.600. The topological polar surface area (TPSA) is 45.2 Å². The zero-order valence-corrected chi connectivity index (χ0v) is 11.8. The first kappa shape index (κ1) is 14.0. The van der Waals surface area contributed by atoms with Gasteiger partial charge in [-0.05, 0) is 50.9 Å². The van der Waals surface area contributed by atoms with E-state index < -0.39 is 0 Å². The monoisotopic (exact) mass is 261 g/mol. The summed E-state index contributed by atoms with van der Waals surface area (Å²) in [4.78, 5) is 18.5. The van der Waals surface area contributed by atoms with E-state index in [-0.39, 0.29) is 11.9 Å². The third-order valence-electron chi connectivity index (χ3n) is 3.93. The normalized spacial score (nSPS) is 21.9. The Hall–Kier alpha value is -1.42. The minimum absolute atomic E-state index is 0.0162. The molecule has 2 heterocycles. The highest BCUT2D eigenvalue weighted by molar-refractivity contribution is 5.94. The van der Waals surface area contributed by atoms with Gasteiger partial charge >= 0.3 is 0 Å². The van der Waals surface area contributed by atoms with Gasteiger partial charge < -0.3 is 10.2 Å². The van der Waals surface area contributed by atoms with Gasteiger partial charge in [0.1, 0.15) is 0 Å². The molecule has 1 amide bonds. The summed E-state index contributed by atoms with van der Waals surface area (Å²) in [5.74, 6) is 0.581. The van der Waals surface area contributed by atoms with Crippen LogP contribution >= 0.6 is 0 Å². The predicted octanol–water partition coefficient (Wildman–Crippen LogP) is 1.93. The van der Waals surface area contributed by atoms with Crippen LogP contribution in [0.5, 0.6) is 0 Å². The van der Waals surface area contributed by atoms with Gasteiger partial charge in [-0.2, -0.15) is 0 Å². The Labute approximate surface area is 115 Å². The number of pyridine rings is 1. The van der Waals surface area contributed by atoms with Gasteiger partial charge in [0.15, 0.2) is 0 Å². The van der Waals surface area contributed by atoms with Crippen LogP contribution in [0, 0.1) is 5.92 Å². The first-order chi connectivity index (χ1) is 9.20. The van der Waals surface area contributed by atoms with Crippen molar-refractivity contribution in [3.63, 3.8) is 0 Å². The third-order valence-corrected chi connectivity index (χ3v) is 3.93. The van der Waals surface area contributed by atoms with Crippen molar-refractivity contribution in [2.75, 3.05) is 20.1 Å². The quantitative estimate of drug-likeness (QED) is 0.901. The molecular weight excluding hydrogens is 238 g/mol. The molecule has 0 spiro atoms. The zero-order valence-electron chi connectivity index (χ0n) is 11.8. The smallest absolute Gasteiger partial charge is 0.251 e. The number of likely N-dealkylation sites (tertiary alicyclic amines) is 1. The Bertz CT molecular complexity index is 407. The number of nitrogens with one attached hydrogen (secondary N) is 1. The molecule has 19 heavy (non-hydrogen) atoms. The molecule has 1 saturated heterocycles. The molecule has 4 nitrogen and oxygen atoms in total. The van der Waals surface area contributed by atoms with Gasteiger partial charge in [0, 0.05) is 30.5 Å². The molecule has 2 unspecified atom stereocenters. The van der Waals surface area contributed by atoms with Crippen molar-refractivity contribution in [3.05, 3.63) is 30.1 Å². The number of carbonyl (C=O) groups is 1. The van der Waals surface area contributed by atoms with Crippen LogP contribution < -0.4 is 5.32 Å². The highest BCUT2D eigenvalue weighted by Crippen LogP contribution is 2.20. The average Bonchev–Trinajstić information content (AvgIpc) is 2.45. The van der Waals surface area contributed by atoms with E-state index in [2.05, 4.69) is 29.2 Å². The lowest BCUT2D eigenvalue weighted by Crippen LogP contribution is -2.46. The molecule has 0 aliphatic carbocycles. The van der Waals surface area contributed by atoms with Crippen molar-refractivity contribution in [2.24, 2.45) is 5.92 Å². The third kappa shape index (κ3) is 3.77. The van der Waals surface area contributed by atoms with Crippen molar-refractivity contribution in [2.45, 2.75) is 32.2 Å². The van der Waals surface area contributed by atoms with Crippen molar-refractivity contribution in [3.8, 4) is 0 Å². The van der Waals surface area contributed by atoms with Crippen LogP contribution in [0.15, 0.2) is 24.5 Å². The Kier molecular flexibility index (Phi) is 4.91. The van der Waals surface area contributed by atoms with Gasteiger partial charge in [0.05, 0.1) is 0 Å². The van der Waals surface area contributed by atoms with Crippen molar-refractivity contribution >= 4 is 5.91 Å². The van der Waals surface area contributed by atoms with Gasteiger partial charge in [0.25, 0.3) is 5.91 Å². The molecule has 2 atom stereocenters. The molecule has 1 aromatic heterocycles. The van der Waals surface area contributed by atoms with Crippen molar-refractivity contribution in [1.29, 1.82) is 0 Å². The lowest BCUT2D eigenvalue weighted by molar-refractivity contribution is 0.0893. The molecule has 1 N–H and O–H groups in total. The van der Waals surface area contributed by atoms with E-state index in [1.807, 2.05) is 0 Å². The molecule has 4 heteroatoms. The zero-order chi connectivity index (χ0) is 13.7. The van der Waals surface area contributed by atoms with Crippen LogP contribution in [-0.4, -0.2) is 42.0 Å². The number of aromatic nitrogens is 1. The van der Waals surface area contributed by atoms with Gasteiger partial charge in [-0.3, -0.25) is 9.78 Å². The number of amides is 1. The summed E-state index contributed by atoms with van der Waals surface area (Å²) in [6.07, 6.45) is 6.73. The van der Waals surface area contributed by atoms with Gasteiger partial charge in [-0.15, -0.1) is 0 Å². The average molecular weight is 261 g/mol. The van der Waals surface area contributed by atoms with E-state index in [0.29, 0.717) is 11.5 Å². The summed E-state index contributed by atoms with van der Waals surface area (Å²) in [7, 11) is 2.16. The van der Waals surface area contributed by atoms with Gasteiger partial charge in [0.2, 0.25) is 0 Å². The van der Waals surface area contributed by atoms with Crippen LogP contribution in [0.4, 0.5) is 0 Å². The SMILES string of the molecule is CCC(NC(=O)c1ccncc1)C1CCCN(C)C1. The summed E-state index contributed by atoms with van der Waals surface area (Å²) in [6, 6.07) is 3.79. The fourth-order valence-electron chi connectivity index (χ4n) is 2.84. The molecular formula is C15H23N3O. The lowest BCUT2D eigenvalue weighted by Gasteiger charge is -2.35. The van der Waals surface area contributed by atoms with Crippen LogP contribution in [0.3, 0.4) is 0 Å². The second kappa shape index (κ2) is 6.66. The summed E-state index contributed by atoms with van der Waals surface area (Å²) in [5, 5.41) is 3.18. The second-order valence-electron chi connectivity index (χ2n) is 5.39. The maximum Gasteiger partial charge on any atom is 0.251 e. The van der Waals surface area contributed by atoms with Crippen LogP contribution in [0.2, 0.25) is 0 Å². The first-order valence-electron chi connectivity index (χ1n) is 7.10. The second-order valence-corrected chi connectivity index (χ2v) is 5.39. The van der Waals surface area contributed by atoms with Crippen molar-refractivity contribution < 1.29 is 4.79 Å². The standard InChI is InChI=1S/C15H23N3O/c1-3-14(13-5-4-10-18(2)11-13)17-15(19)12-6-8-16-9-7-12/h6-9,13-14H,3-5,10-11H2,1-2H3,(H,17,19). The summed E-state index contributed by atoms with van der Waals surface area (Å²) >= 11 is 0. The highest BCUT2D eigenvalue weighted by atomic mass is 16.1. The first-order valence-corrected chi connectivity index (χ1v) is 7.10. The molecule has 1 aliphatic rings. The minimum Gasteiger partial charge on any atom is -0.349 e. The van der Waals surface area contributed by atoms with Crippen LogP contribution in [-0.2, 0) is 0 Å². The van der Waals surface area contributed by atoms with E-state index in [1.54, 1.807) is 24.5 Å². The Morgan fingerprint density at radius 1 is 1.53 bits per heavy atom. The fourth-order valence-corrected chi connectivity index (χ4v) is 2.84. The van der Waals surface area contributed by atoms with E-state index >= 15 is 0 Å². The molecule has 104 valence electrons. The van der Waals surface area contributed by atoms with E-state index in [9.17, 15) is 4.79 Å². The molecule has 0 aromatic carbocycles. The van der Waals surface area contributed by atoms with Crippen LogP contribution in [0.25, 0.3) is 0 Å². The van der Waals surface area contributed by atoms with E-state index in [1.165, 1.54) is 19.4 Å². The maximum atomic E-state index is 12.2. The molecule has 0 radical (unpaired) electrons. The number of rotatable bonds is 4. The number of hydrogen-bond donors (Lipinski definition) is 1. The number of nitrogens with zero attached hydrogens (tertiary/aromatic N) is 2. The summed E-state index contributed by atoms with van der Waals surface area (Å²) in [5.41, 5.74) is 0.692. The number of piperidine rings is 1. The Morgan fingerprint density at radius 2 is 2.26 bits per heavy atom. The predicted molar refractivity (Wildman–Crippen MR) is 76.0 cm³/mol. The molecule has 0 bridgehead atoms. The Morgan fingerprint density at radius 3 is 2.89 bits per heavy atom. The maximum absolute atomic E-state index is 12.2. The van der Waals surface area contributed by atoms with E-state index in [0.717, 1.165) is 13.0 Å². The molecule has 1 fully saturated rings. The number of carbonyl (C=O) groups excluding carboxylic acids is 1. The molecule has 0 saturated carbocycles. The molecule has 1 aromatic rings. The summed E-state index contributed by atoms with van der Waals surface area (Å²) in [6.45, 7) is 4.40. The molecule has 1 aliphatic heterocycles. The lowest BCUT2D eigenvalue weighted by atomic mass is 9.89. The highest BCUT2D eigenvalue weighted by Gasteiger charge is 2.26. The van der Waals surface area contributed by atoms with Gasteiger partial charge in [-0.25, -0.2) is 0 Å². The van der Waals surface area contributed by atoms with Gasteiger partial charge in [-0.1, -0.05) is 6.92 Å². The summed E-state index contributed by atoms with van der Waals surface area (Å²) < 4.78 is 0.